The maximum Gasteiger partial charge on any atom is 0.295 e. The van der Waals surface area contributed by atoms with Gasteiger partial charge in [-0.1, -0.05) is 12.1 Å². The summed E-state index contributed by atoms with van der Waals surface area (Å²) in [5, 5.41) is 11.2. The molecule has 0 spiro atoms. The Labute approximate surface area is 187 Å². The number of ether oxygens (including phenoxy) is 3. The van der Waals surface area contributed by atoms with Gasteiger partial charge >= 0.3 is 0 Å². The van der Waals surface area contributed by atoms with Gasteiger partial charge in [0.1, 0.15) is 23.0 Å². The van der Waals surface area contributed by atoms with E-state index in [0.29, 0.717) is 41.5 Å². The third kappa shape index (κ3) is 4.40. The van der Waals surface area contributed by atoms with Crippen LogP contribution in [0.4, 0.5) is 0 Å². The number of amides is 1. The summed E-state index contributed by atoms with van der Waals surface area (Å²) in [7, 11) is 8.33. The van der Waals surface area contributed by atoms with Gasteiger partial charge in [0.25, 0.3) is 11.7 Å². The highest BCUT2D eigenvalue weighted by atomic mass is 16.5. The quantitative estimate of drug-likeness (QED) is 0.384. The predicted molar refractivity (Wildman–Crippen MR) is 120 cm³/mol. The standard InChI is InChI=1S/C24H28N2O6/c1-25(2)12-13-26-21(15-6-8-16(30-3)9-7-15)20(23(28)24(26)29)22(27)18-11-10-17(31-4)14-19(18)32-5/h6-11,14,21,27H,12-13H2,1-5H3/b22-20+/t21-/m1/s1. The van der Waals surface area contributed by atoms with Crippen LogP contribution in [0.15, 0.2) is 48.0 Å². The van der Waals surface area contributed by atoms with E-state index >= 15 is 0 Å². The molecule has 0 bridgehead atoms. The van der Waals surface area contributed by atoms with Crippen molar-refractivity contribution in [3.05, 3.63) is 59.2 Å². The number of Topliss-reactive ketones (excluding diaryl/α,β-unsaturated/α-hetero) is 1. The molecular weight excluding hydrogens is 412 g/mol. The molecule has 32 heavy (non-hydrogen) atoms. The fourth-order valence-corrected chi connectivity index (χ4v) is 3.69. The number of hydrogen-bond donors (Lipinski definition) is 1. The highest BCUT2D eigenvalue weighted by molar-refractivity contribution is 6.46. The molecule has 2 aromatic carbocycles. The molecule has 1 heterocycles. The average molecular weight is 440 g/mol. The van der Waals surface area contributed by atoms with Gasteiger partial charge in [-0.2, -0.15) is 0 Å². The monoisotopic (exact) mass is 440 g/mol. The van der Waals surface area contributed by atoms with Gasteiger partial charge in [-0.15, -0.1) is 0 Å². The van der Waals surface area contributed by atoms with Gasteiger partial charge in [0.2, 0.25) is 0 Å². The van der Waals surface area contributed by atoms with Crippen LogP contribution in [0, 0.1) is 0 Å². The van der Waals surface area contributed by atoms with Crippen LogP contribution in [0.3, 0.4) is 0 Å². The van der Waals surface area contributed by atoms with Crippen molar-refractivity contribution in [3.8, 4) is 17.2 Å². The third-order valence-electron chi connectivity index (χ3n) is 5.42. The lowest BCUT2D eigenvalue weighted by Crippen LogP contribution is -2.35. The lowest BCUT2D eigenvalue weighted by atomic mass is 9.95. The number of hydrogen-bond acceptors (Lipinski definition) is 7. The molecule has 1 aliphatic rings. The SMILES string of the molecule is COc1ccc([C@@H]2/C(=C(\O)c3ccc(OC)cc3OC)C(=O)C(=O)N2CCN(C)C)cc1. The Balaban J connectivity index is 2.17. The van der Waals surface area contributed by atoms with Crippen molar-refractivity contribution in [2.24, 2.45) is 0 Å². The summed E-state index contributed by atoms with van der Waals surface area (Å²) >= 11 is 0. The number of carbonyl (C=O) groups excluding carboxylic acids is 2. The zero-order valence-corrected chi connectivity index (χ0v) is 18.9. The van der Waals surface area contributed by atoms with Gasteiger partial charge in [0, 0.05) is 19.2 Å². The van der Waals surface area contributed by atoms with E-state index in [1.165, 1.54) is 19.1 Å². The number of likely N-dealkylation sites (tertiary alicyclic amines) is 1. The minimum Gasteiger partial charge on any atom is -0.507 e. The lowest BCUT2D eigenvalue weighted by Gasteiger charge is -2.26. The Morgan fingerprint density at radius 3 is 2.16 bits per heavy atom. The largest absolute Gasteiger partial charge is 0.507 e. The van der Waals surface area contributed by atoms with Crippen LogP contribution in [-0.2, 0) is 9.59 Å². The van der Waals surface area contributed by atoms with Gasteiger partial charge in [-0.25, -0.2) is 0 Å². The first-order valence-corrected chi connectivity index (χ1v) is 10.1. The van der Waals surface area contributed by atoms with Crippen LogP contribution in [0.25, 0.3) is 5.76 Å². The van der Waals surface area contributed by atoms with E-state index in [0.717, 1.165) is 0 Å². The Hall–Kier alpha value is -3.52. The molecule has 1 fully saturated rings. The number of aliphatic hydroxyl groups is 1. The maximum absolute atomic E-state index is 13.1. The number of aliphatic hydroxyl groups excluding tert-OH is 1. The Kier molecular flexibility index (Phi) is 7.05. The van der Waals surface area contributed by atoms with Crippen LogP contribution in [0.1, 0.15) is 17.2 Å². The van der Waals surface area contributed by atoms with Crippen molar-refractivity contribution in [2.75, 3.05) is 48.5 Å². The van der Waals surface area contributed by atoms with Gasteiger partial charge in [0.15, 0.2) is 0 Å². The first-order chi connectivity index (χ1) is 15.3. The first-order valence-electron chi connectivity index (χ1n) is 10.1. The molecule has 0 aromatic heterocycles. The summed E-state index contributed by atoms with van der Waals surface area (Å²) in [6.07, 6.45) is 0. The molecule has 1 amide bonds. The van der Waals surface area contributed by atoms with Crippen molar-refractivity contribution in [2.45, 2.75) is 6.04 Å². The summed E-state index contributed by atoms with van der Waals surface area (Å²) < 4.78 is 15.8. The van der Waals surface area contributed by atoms with Gasteiger partial charge in [-0.05, 0) is 43.9 Å². The number of rotatable bonds is 8. The number of nitrogens with zero attached hydrogens (tertiary/aromatic N) is 2. The number of methoxy groups -OCH3 is 3. The van der Waals surface area contributed by atoms with Crippen molar-refractivity contribution >= 4 is 17.4 Å². The number of likely N-dealkylation sites (N-methyl/N-ethyl adjacent to an activating group) is 1. The lowest BCUT2D eigenvalue weighted by molar-refractivity contribution is -0.140. The number of benzene rings is 2. The van der Waals surface area contributed by atoms with Crippen LogP contribution in [0.5, 0.6) is 17.2 Å². The molecule has 1 aliphatic heterocycles. The van der Waals surface area contributed by atoms with E-state index in [-0.39, 0.29) is 11.3 Å². The van der Waals surface area contributed by atoms with Crippen LogP contribution in [-0.4, -0.2) is 75.1 Å². The van der Waals surface area contributed by atoms with E-state index in [4.69, 9.17) is 14.2 Å². The topological polar surface area (TPSA) is 88.5 Å². The number of ketones is 1. The van der Waals surface area contributed by atoms with Crippen LogP contribution >= 0.6 is 0 Å². The summed E-state index contributed by atoms with van der Waals surface area (Å²) in [6, 6.07) is 11.2. The molecule has 0 aliphatic carbocycles. The Morgan fingerprint density at radius 2 is 1.59 bits per heavy atom. The van der Waals surface area contributed by atoms with Gasteiger partial charge in [-0.3, -0.25) is 9.59 Å². The molecule has 1 atom stereocenters. The average Bonchev–Trinajstić information content (AvgIpc) is 3.06. The Morgan fingerprint density at radius 1 is 0.969 bits per heavy atom. The van der Waals surface area contributed by atoms with Crippen molar-refractivity contribution < 1.29 is 28.9 Å². The van der Waals surface area contributed by atoms with Crippen LogP contribution < -0.4 is 14.2 Å². The molecular formula is C24H28N2O6. The number of carbonyl (C=O) groups is 2. The molecule has 8 heteroatoms. The smallest absolute Gasteiger partial charge is 0.295 e. The molecule has 170 valence electrons. The Bertz CT molecular complexity index is 1030. The molecule has 0 unspecified atom stereocenters. The second-order valence-corrected chi connectivity index (χ2v) is 7.64. The normalized spacial score (nSPS) is 17.7. The zero-order valence-electron chi connectivity index (χ0n) is 18.9. The van der Waals surface area contributed by atoms with Gasteiger partial charge in [0.05, 0.1) is 38.5 Å². The second-order valence-electron chi connectivity index (χ2n) is 7.64. The highest BCUT2D eigenvalue weighted by Gasteiger charge is 2.46. The molecule has 0 radical (unpaired) electrons. The minimum absolute atomic E-state index is 0.0161. The molecule has 1 N–H and O–H groups in total. The van der Waals surface area contributed by atoms with E-state index in [1.54, 1.807) is 49.6 Å². The van der Waals surface area contributed by atoms with Crippen molar-refractivity contribution in [1.29, 1.82) is 0 Å². The summed E-state index contributed by atoms with van der Waals surface area (Å²) in [5.74, 6) is -0.167. The zero-order chi connectivity index (χ0) is 23.4. The van der Waals surface area contributed by atoms with E-state index in [9.17, 15) is 14.7 Å². The fraction of sp³-hybridized carbons (Fsp3) is 0.333. The van der Waals surface area contributed by atoms with E-state index in [1.807, 2.05) is 19.0 Å². The molecule has 8 nitrogen and oxygen atoms in total. The molecule has 2 aromatic rings. The summed E-state index contributed by atoms with van der Waals surface area (Å²) in [4.78, 5) is 29.5. The highest BCUT2D eigenvalue weighted by Crippen LogP contribution is 2.41. The molecule has 1 saturated heterocycles. The second kappa shape index (κ2) is 9.74. The maximum atomic E-state index is 13.1. The van der Waals surface area contributed by atoms with Gasteiger partial charge < -0.3 is 29.1 Å². The summed E-state index contributed by atoms with van der Waals surface area (Å²) in [5.41, 5.74) is 1.01. The third-order valence-corrected chi connectivity index (χ3v) is 5.42. The minimum atomic E-state index is -0.743. The molecule has 3 rings (SSSR count). The van der Waals surface area contributed by atoms with Crippen LogP contribution in [0.2, 0.25) is 0 Å². The van der Waals surface area contributed by atoms with Crippen molar-refractivity contribution in [3.63, 3.8) is 0 Å². The molecule has 0 saturated carbocycles. The van der Waals surface area contributed by atoms with E-state index < -0.39 is 17.7 Å². The van der Waals surface area contributed by atoms with E-state index in [2.05, 4.69) is 0 Å². The fourth-order valence-electron chi connectivity index (χ4n) is 3.69. The predicted octanol–water partition coefficient (Wildman–Crippen LogP) is 2.70. The summed E-state index contributed by atoms with van der Waals surface area (Å²) in [6.45, 7) is 0.885. The van der Waals surface area contributed by atoms with Crippen molar-refractivity contribution in [1.82, 2.24) is 9.80 Å². The first kappa shape index (κ1) is 23.1.